The minimum atomic E-state index is -4.14. The molecule has 2 rings (SSSR count). The molecule has 0 aliphatic carbocycles. The van der Waals surface area contributed by atoms with Crippen molar-refractivity contribution in [1.82, 2.24) is 0 Å². The van der Waals surface area contributed by atoms with Crippen molar-refractivity contribution in [3.8, 4) is 0 Å². The fraction of sp³-hybridized carbons (Fsp3) is 0.286. The van der Waals surface area contributed by atoms with Gasteiger partial charge in [0.05, 0.1) is 18.8 Å². The number of hydrogen-bond acceptors (Lipinski definition) is 4. The SMILES string of the molecule is Cc1cc(S(=O)(=O)N(CCO)c2ccc(F)cc2F)c(C)o1. The summed E-state index contributed by atoms with van der Waals surface area (Å²) in [4.78, 5) is -0.123. The van der Waals surface area contributed by atoms with E-state index in [0.717, 1.165) is 12.1 Å². The standard InChI is InChI=1S/C14H15F2NO4S/c1-9-7-14(10(2)21-9)22(19,20)17(5-6-18)13-4-3-11(15)8-12(13)16/h3-4,7-8,18H,5-6H2,1-2H3. The van der Waals surface area contributed by atoms with E-state index in [0.29, 0.717) is 16.1 Å². The van der Waals surface area contributed by atoms with Crippen LogP contribution in [0.3, 0.4) is 0 Å². The molecule has 1 heterocycles. The molecular weight excluding hydrogens is 316 g/mol. The molecule has 5 nitrogen and oxygen atoms in total. The van der Waals surface area contributed by atoms with Crippen LogP contribution < -0.4 is 4.31 Å². The Labute approximate surface area is 126 Å². The van der Waals surface area contributed by atoms with Gasteiger partial charge >= 0.3 is 0 Å². The summed E-state index contributed by atoms with van der Waals surface area (Å²) in [7, 11) is -4.14. The molecule has 1 aromatic carbocycles. The van der Waals surface area contributed by atoms with Crippen LogP contribution in [0, 0.1) is 25.5 Å². The van der Waals surface area contributed by atoms with Gasteiger partial charge in [-0.1, -0.05) is 0 Å². The van der Waals surface area contributed by atoms with Crippen LogP contribution in [0.5, 0.6) is 0 Å². The van der Waals surface area contributed by atoms with E-state index in [2.05, 4.69) is 0 Å². The highest BCUT2D eigenvalue weighted by Crippen LogP contribution is 2.29. The number of rotatable bonds is 5. The van der Waals surface area contributed by atoms with Crippen LogP contribution in [0.25, 0.3) is 0 Å². The number of aliphatic hydroxyl groups is 1. The highest BCUT2D eigenvalue weighted by Gasteiger charge is 2.30. The summed E-state index contributed by atoms with van der Waals surface area (Å²) in [5.74, 6) is -1.31. The first kappa shape index (κ1) is 16.4. The van der Waals surface area contributed by atoms with Gasteiger partial charge in [0.15, 0.2) is 0 Å². The van der Waals surface area contributed by atoms with Crippen LogP contribution in [-0.4, -0.2) is 26.7 Å². The van der Waals surface area contributed by atoms with Gasteiger partial charge in [-0.15, -0.1) is 0 Å². The summed E-state index contributed by atoms with van der Waals surface area (Å²) in [6, 6.07) is 3.87. The maximum atomic E-state index is 13.9. The van der Waals surface area contributed by atoms with E-state index in [1.54, 1.807) is 6.92 Å². The number of aryl methyl sites for hydroxylation is 2. The molecule has 120 valence electrons. The van der Waals surface area contributed by atoms with Crippen LogP contribution in [-0.2, 0) is 10.0 Å². The van der Waals surface area contributed by atoms with Crippen molar-refractivity contribution < 1.29 is 26.7 Å². The third kappa shape index (κ3) is 2.97. The molecule has 2 aromatic rings. The first-order valence-electron chi connectivity index (χ1n) is 6.43. The Morgan fingerprint density at radius 1 is 1.23 bits per heavy atom. The molecule has 1 N–H and O–H groups in total. The lowest BCUT2D eigenvalue weighted by Crippen LogP contribution is -2.34. The number of halogens is 2. The number of hydrogen-bond donors (Lipinski definition) is 1. The van der Waals surface area contributed by atoms with Crippen LogP contribution in [0.1, 0.15) is 11.5 Å². The number of aliphatic hydroxyl groups excluding tert-OH is 1. The lowest BCUT2D eigenvalue weighted by molar-refractivity contribution is 0.306. The molecule has 0 bridgehead atoms. The van der Waals surface area contributed by atoms with E-state index in [-0.39, 0.29) is 22.9 Å². The fourth-order valence-corrected chi connectivity index (χ4v) is 3.81. The zero-order chi connectivity index (χ0) is 16.5. The highest BCUT2D eigenvalue weighted by atomic mass is 32.2. The monoisotopic (exact) mass is 331 g/mol. The number of sulfonamides is 1. The van der Waals surface area contributed by atoms with Gasteiger partial charge in [-0.05, 0) is 26.0 Å². The number of anilines is 1. The Balaban J connectivity index is 2.58. The molecular formula is C14H15F2NO4S. The summed E-state index contributed by atoms with van der Waals surface area (Å²) in [6.07, 6.45) is 0. The Hall–Kier alpha value is -1.93. The summed E-state index contributed by atoms with van der Waals surface area (Å²) < 4.78 is 58.2. The molecule has 0 unspecified atom stereocenters. The zero-order valence-corrected chi connectivity index (χ0v) is 12.8. The van der Waals surface area contributed by atoms with E-state index in [1.165, 1.54) is 13.0 Å². The molecule has 1 aromatic heterocycles. The van der Waals surface area contributed by atoms with Crippen molar-refractivity contribution in [1.29, 1.82) is 0 Å². The first-order chi connectivity index (χ1) is 10.3. The van der Waals surface area contributed by atoms with Gasteiger partial charge in [0.2, 0.25) is 0 Å². The third-order valence-electron chi connectivity index (χ3n) is 3.04. The van der Waals surface area contributed by atoms with Gasteiger partial charge in [0, 0.05) is 12.1 Å². The Morgan fingerprint density at radius 2 is 1.91 bits per heavy atom. The molecule has 0 radical (unpaired) electrons. The van der Waals surface area contributed by atoms with E-state index < -0.39 is 28.3 Å². The highest BCUT2D eigenvalue weighted by molar-refractivity contribution is 7.92. The first-order valence-corrected chi connectivity index (χ1v) is 7.87. The van der Waals surface area contributed by atoms with E-state index in [1.807, 2.05) is 0 Å². The minimum absolute atomic E-state index is 0.123. The minimum Gasteiger partial charge on any atom is -0.465 e. The van der Waals surface area contributed by atoms with Crippen LogP contribution in [0.15, 0.2) is 33.6 Å². The van der Waals surface area contributed by atoms with Gasteiger partial charge in [0.25, 0.3) is 10.0 Å². The van der Waals surface area contributed by atoms with Crippen molar-refractivity contribution in [3.63, 3.8) is 0 Å². The zero-order valence-electron chi connectivity index (χ0n) is 12.0. The van der Waals surface area contributed by atoms with Gasteiger partial charge in [-0.3, -0.25) is 4.31 Å². The Morgan fingerprint density at radius 3 is 2.41 bits per heavy atom. The largest absolute Gasteiger partial charge is 0.465 e. The van der Waals surface area contributed by atoms with Crippen LogP contribution >= 0.6 is 0 Å². The topological polar surface area (TPSA) is 70.8 Å². The summed E-state index contributed by atoms with van der Waals surface area (Å²) in [6.45, 7) is 2.17. The second kappa shape index (κ2) is 6.05. The van der Waals surface area contributed by atoms with Gasteiger partial charge < -0.3 is 9.52 Å². The van der Waals surface area contributed by atoms with Crippen LogP contribution in [0.4, 0.5) is 14.5 Å². The van der Waals surface area contributed by atoms with E-state index >= 15 is 0 Å². The van der Waals surface area contributed by atoms with Gasteiger partial charge in [-0.25, -0.2) is 17.2 Å². The van der Waals surface area contributed by atoms with Crippen molar-refractivity contribution in [2.45, 2.75) is 18.7 Å². The maximum absolute atomic E-state index is 13.9. The third-order valence-corrected chi connectivity index (χ3v) is 4.97. The second-order valence-electron chi connectivity index (χ2n) is 4.67. The number of nitrogens with zero attached hydrogens (tertiary/aromatic N) is 1. The molecule has 0 saturated carbocycles. The predicted octanol–water partition coefficient (Wildman–Crippen LogP) is 2.36. The molecule has 0 atom stereocenters. The van der Waals surface area contributed by atoms with Crippen molar-refractivity contribution in [2.24, 2.45) is 0 Å². The molecule has 0 saturated heterocycles. The molecule has 8 heteroatoms. The fourth-order valence-electron chi connectivity index (χ4n) is 2.13. The summed E-state index contributed by atoms with van der Waals surface area (Å²) in [5.41, 5.74) is -0.339. The molecule has 22 heavy (non-hydrogen) atoms. The summed E-state index contributed by atoms with van der Waals surface area (Å²) >= 11 is 0. The molecule has 0 amide bonds. The van der Waals surface area contributed by atoms with E-state index in [9.17, 15) is 17.2 Å². The van der Waals surface area contributed by atoms with Gasteiger partial charge in [0.1, 0.15) is 28.1 Å². The molecule has 0 aliphatic rings. The van der Waals surface area contributed by atoms with Crippen molar-refractivity contribution >= 4 is 15.7 Å². The number of furan rings is 1. The summed E-state index contributed by atoms with van der Waals surface area (Å²) in [5, 5.41) is 9.10. The van der Waals surface area contributed by atoms with E-state index in [4.69, 9.17) is 9.52 Å². The predicted molar refractivity (Wildman–Crippen MR) is 76.2 cm³/mol. The molecule has 0 spiro atoms. The average molecular weight is 331 g/mol. The Bertz CT molecular complexity index is 786. The van der Waals surface area contributed by atoms with Crippen LogP contribution in [0.2, 0.25) is 0 Å². The van der Waals surface area contributed by atoms with Crippen molar-refractivity contribution in [2.75, 3.05) is 17.5 Å². The Kier molecular flexibility index (Phi) is 4.52. The molecule has 0 aliphatic heterocycles. The normalized spacial score (nSPS) is 11.7. The average Bonchev–Trinajstić information content (AvgIpc) is 2.76. The number of benzene rings is 1. The maximum Gasteiger partial charge on any atom is 0.267 e. The van der Waals surface area contributed by atoms with Crippen molar-refractivity contribution in [3.05, 3.63) is 47.4 Å². The smallest absolute Gasteiger partial charge is 0.267 e. The lowest BCUT2D eigenvalue weighted by Gasteiger charge is -2.23. The molecule has 0 fully saturated rings. The lowest BCUT2D eigenvalue weighted by atomic mass is 10.3. The second-order valence-corrected chi connectivity index (χ2v) is 6.50. The quantitative estimate of drug-likeness (QED) is 0.913. The van der Waals surface area contributed by atoms with Gasteiger partial charge in [-0.2, -0.15) is 0 Å².